The maximum atomic E-state index is 5.83. The fraction of sp³-hybridized carbons (Fsp3) is 0.100. The van der Waals surface area contributed by atoms with E-state index in [4.69, 9.17) is 17.2 Å². The average Bonchev–Trinajstić information content (AvgIpc) is 2.53. The van der Waals surface area contributed by atoms with Crippen molar-refractivity contribution in [1.82, 2.24) is 9.78 Å². The Bertz CT molecular complexity index is 497. The molecular weight excluding hydrogens is 204 g/mol. The summed E-state index contributed by atoms with van der Waals surface area (Å²) in [5.74, 6) is 0.705. The van der Waals surface area contributed by atoms with Crippen LogP contribution in [0.2, 0.25) is 0 Å². The molecule has 16 heavy (non-hydrogen) atoms. The van der Waals surface area contributed by atoms with Gasteiger partial charge in [-0.3, -0.25) is 4.68 Å². The molecule has 2 aromatic rings. The van der Waals surface area contributed by atoms with Gasteiger partial charge in [-0.2, -0.15) is 5.10 Å². The summed E-state index contributed by atoms with van der Waals surface area (Å²) in [4.78, 5) is 0. The molecule has 1 aromatic heterocycles. The second-order valence-electron chi connectivity index (χ2n) is 3.54. The van der Waals surface area contributed by atoms with E-state index in [0.29, 0.717) is 22.9 Å². The fourth-order valence-electron chi connectivity index (χ4n) is 1.43. The largest absolute Gasteiger partial charge is 0.399 e. The lowest BCUT2D eigenvalue weighted by Gasteiger charge is -2.10. The van der Waals surface area contributed by atoms with Crippen LogP contribution >= 0.6 is 0 Å². The molecule has 0 atom stereocenters. The van der Waals surface area contributed by atoms with Gasteiger partial charge in [-0.1, -0.05) is 0 Å². The summed E-state index contributed by atoms with van der Waals surface area (Å²) in [7, 11) is 1.80. The molecule has 0 saturated heterocycles. The number of benzene rings is 1. The van der Waals surface area contributed by atoms with Crippen molar-refractivity contribution in [3.63, 3.8) is 0 Å². The van der Waals surface area contributed by atoms with Crippen LogP contribution in [0.5, 0.6) is 0 Å². The molecule has 2 rings (SSSR count). The molecular formula is C10H14N6. The van der Waals surface area contributed by atoms with Crippen molar-refractivity contribution in [2.45, 2.75) is 0 Å². The lowest BCUT2D eigenvalue weighted by atomic mass is 10.2. The number of hydrogen-bond donors (Lipinski definition) is 4. The summed E-state index contributed by atoms with van der Waals surface area (Å²) in [6.45, 7) is 0. The number of anilines is 5. The minimum atomic E-state index is 0.568. The fourth-order valence-corrected chi connectivity index (χ4v) is 1.43. The predicted octanol–water partition coefficient (Wildman–Crippen LogP) is 0.910. The first kappa shape index (κ1) is 10.2. The van der Waals surface area contributed by atoms with E-state index in [0.717, 1.165) is 5.69 Å². The van der Waals surface area contributed by atoms with Crippen LogP contribution < -0.4 is 22.5 Å². The van der Waals surface area contributed by atoms with E-state index in [2.05, 4.69) is 10.4 Å². The Morgan fingerprint density at radius 2 is 1.94 bits per heavy atom. The molecule has 6 heteroatoms. The van der Waals surface area contributed by atoms with Crippen molar-refractivity contribution in [3.8, 4) is 0 Å². The second kappa shape index (κ2) is 3.65. The number of hydrogen-bond acceptors (Lipinski definition) is 5. The Morgan fingerprint density at radius 3 is 2.50 bits per heavy atom. The minimum Gasteiger partial charge on any atom is -0.399 e. The number of nitrogens with zero attached hydrogens (tertiary/aromatic N) is 2. The zero-order chi connectivity index (χ0) is 11.7. The molecule has 0 fully saturated rings. The molecule has 0 aliphatic carbocycles. The van der Waals surface area contributed by atoms with Gasteiger partial charge in [0.25, 0.3) is 0 Å². The lowest BCUT2D eigenvalue weighted by Crippen LogP contribution is -2.03. The van der Waals surface area contributed by atoms with Gasteiger partial charge >= 0.3 is 0 Å². The quantitative estimate of drug-likeness (QED) is 0.560. The van der Waals surface area contributed by atoms with Gasteiger partial charge in [0, 0.05) is 12.7 Å². The topological polar surface area (TPSA) is 108 Å². The highest BCUT2D eigenvalue weighted by molar-refractivity contribution is 5.78. The van der Waals surface area contributed by atoms with Crippen LogP contribution in [0.3, 0.4) is 0 Å². The van der Waals surface area contributed by atoms with Gasteiger partial charge in [0.05, 0.1) is 23.3 Å². The maximum Gasteiger partial charge on any atom is 0.151 e. The van der Waals surface area contributed by atoms with Crippen molar-refractivity contribution in [3.05, 3.63) is 24.4 Å². The van der Waals surface area contributed by atoms with Gasteiger partial charge in [-0.15, -0.1) is 0 Å². The Hall–Kier alpha value is -2.37. The molecule has 0 bridgehead atoms. The van der Waals surface area contributed by atoms with E-state index in [1.54, 1.807) is 36.1 Å². The summed E-state index contributed by atoms with van der Waals surface area (Å²) < 4.78 is 1.64. The second-order valence-corrected chi connectivity index (χ2v) is 3.54. The molecule has 84 valence electrons. The summed E-state index contributed by atoms with van der Waals surface area (Å²) in [6, 6.07) is 5.26. The van der Waals surface area contributed by atoms with Gasteiger partial charge in [0.15, 0.2) is 5.82 Å². The Balaban J connectivity index is 2.34. The van der Waals surface area contributed by atoms with Crippen LogP contribution in [0.4, 0.5) is 28.6 Å². The Kier molecular flexibility index (Phi) is 2.32. The number of aryl methyl sites for hydroxylation is 1. The van der Waals surface area contributed by atoms with Crippen molar-refractivity contribution in [2.24, 2.45) is 7.05 Å². The van der Waals surface area contributed by atoms with E-state index < -0.39 is 0 Å². The SMILES string of the molecule is Cn1ncc(N)c1Nc1ccc(N)cc1N. The maximum absolute atomic E-state index is 5.83. The number of aromatic nitrogens is 2. The highest BCUT2D eigenvalue weighted by Gasteiger charge is 2.07. The van der Waals surface area contributed by atoms with E-state index in [1.165, 1.54) is 0 Å². The molecule has 0 radical (unpaired) electrons. The zero-order valence-corrected chi connectivity index (χ0v) is 8.94. The predicted molar refractivity (Wildman–Crippen MR) is 66.2 cm³/mol. The minimum absolute atomic E-state index is 0.568. The summed E-state index contributed by atoms with van der Waals surface area (Å²) in [5, 5.41) is 7.13. The van der Waals surface area contributed by atoms with E-state index >= 15 is 0 Å². The van der Waals surface area contributed by atoms with Crippen LogP contribution in [0.15, 0.2) is 24.4 Å². The van der Waals surface area contributed by atoms with Gasteiger partial charge in [-0.25, -0.2) is 0 Å². The van der Waals surface area contributed by atoms with Crippen molar-refractivity contribution >= 4 is 28.6 Å². The number of rotatable bonds is 2. The first-order valence-corrected chi connectivity index (χ1v) is 4.77. The van der Waals surface area contributed by atoms with Crippen LogP contribution in [0, 0.1) is 0 Å². The van der Waals surface area contributed by atoms with Crippen LogP contribution in [-0.2, 0) is 7.05 Å². The molecule has 6 nitrogen and oxygen atoms in total. The number of nitrogens with one attached hydrogen (secondary N) is 1. The Labute approximate surface area is 93.0 Å². The normalized spacial score (nSPS) is 10.3. The monoisotopic (exact) mass is 218 g/mol. The van der Waals surface area contributed by atoms with Crippen molar-refractivity contribution in [1.29, 1.82) is 0 Å². The van der Waals surface area contributed by atoms with Crippen LogP contribution in [-0.4, -0.2) is 9.78 Å². The highest BCUT2D eigenvalue weighted by Crippen LogP contribution is 2.27. The molecule has 0 saturated carbocycles. The summed E-state index contributed by atoms with van der Waals surface area (Å²) in [6.07, 6.45) is 1.58. The standard InChI is InChI=1S/C10H14N6/c1-16-10(8(13)5-14-16)15-9-3-2-6(11)4-7(9)12/h2-5,15H,11-13H2,1H3. The number of nitrogens with two attached hydrogens (primary N) is 3. The Morgan fingerprint density at radius 1 is 1.19 bits per heavy atom. The lowest BCUT2D eigenvalue weighted by molar-refractivity contribution is 0.777. The molecule has 0 aliphatic rings. The van der Waals surface area contributed by atoms with E-state index in [9.17, 15) is 0 Å². The molecule has 1 heterocycles. The third-order valence-corrected chi connectivity index (χ3v) is 2.30. The van der Waals surface area contributed by atoms with Crippen LogP contribution in [0.25, 0.3) is 0 Å². The molecule has 1 aromatic carbocycles. The van der Waals surface area contributed by atoms with Crippen LogP contribution in [0.1, 0.15) is 0 Å². The first-order chi connectivity index (χ1) is 7.58. The van der Waals surface area contributed by atoms with E-state index in [-0.39, 0.29) is 0 Å². The van der Waals surface area contributed by atoms with E-state index in [1.807, 2.05) is 0 Å². The summed E-state index contributed by atoms with van der Waals surface area (Å²) in [5.41, 5.74) is 19.7. The summed E-state index contributed by atoms with van der Waals surface area (Å²) >= 11 is 0. The molecule has 0 amide bonds. The third-order valence-electron chi connectivity index (χ3n) is 2.30. The third kappa shape index (κ3) is 1.72. The zero-order valence-electron chi connectivity index (χ0n) is 8.94. The van der Waals surface area contributed by atoms with Gasteiger partial charge in [-0.05, 0) is 18.2 Å². The molecule has 0 aliphatic heterocycles. The van der Waals surface area contributed by atoms with Crippen molar-refractivity contribution in [2.75, 3.05) is 22.5 Å². The van der Waals surface area contributed by atoms with Gasteiger partial charge in [0.2, 0.25) is 0 Å². The average molecular weight is 218 g/mol. The molecule has 0 unspecified atom stereocenters. The molecule has 0 spiro atoms. The van der Waals surface area contributed by atoms with Gasteiger partial charge < -0.3 is 22.5 Å². The van der Waals surface area contributed by atoms with Crippen molar-refractivity contribution < 1.29 is 0 Å². The highest BCUT2D eigenvalue weighted by atomic mass is 15.3. The first-order valence-electron chi connectivity index (χ1n) is 4.77. The number of nitrogen functional groups attached to an aromatic ring is 3. The smallest absolute Gasteiger partial charge is 0.151 e. The van der Waals surface area contributed by atoms with Gasteiger partial charge in [0.1, 0.15) is 0 Å². The molecule has 7 N–H and O–H groups in total.